The van der Waals surface area contributed by atoms with Crippen LogP contribution in [0, 0.1) is 0 Å². The third-order valence-corrected chi connectivity index (χ3v) is 6.82. The van der Waals surface area contributed by atoms with Gasteiger partial charge >= 0.3 is 0 Å². The maximum atomic E-state index is 13.2. The smallest absolute Gasteiger partial charge is 0.207 e. The van der Waals surface area contributed by atoms with Crippen LogP contribution in [0.2, 0.25) is 10.0 Å². The van der Waals surface area contributed by atoms with E-state index in [1.807, 2.05) is 54.6 Å². The highest BCUT2D eigenvalue weighted by Gasteiger charge is 2.23. The van der Waals surface area contributed by atoms with Gasteiger partial charge in [-0.3, -0.25) is 0 Å². The van der Waals surface area contributed by atoms with Gasteiger partial charge in [-0.2, -0.15) is 4.31 Å². The molecule has 0 N–H and O–H groups in total. The lowest BCUT2D eigenvalue weighted by atomic mass is 10.1. The van der Waals surface area contributed by atoms with Gasteiger partial charge in [0.2, 0.25) is 10.0 Å². The molecular formula is C23H21Cl2NO2S. The van der Waals surface area contributed by atoms with Crippen molar-refractivity contribution in [1.82, 2.24) is 4.31 Å². The minimum atomic E-state index is -3.65. The summed E-state index contributed by atoms with van der Waals surface area (Å²) in [6.07, 6.45) is 4.37. The molecule has 0 atom stereocenters. The summed E-state index contributed by atoms with van der Waals surface area (Å²) in [6.45, 7) is 0.639. The van der Waals surface area contributed by atoms with E-state index < -0.39 is 10.0 Å². The molecular weight excluding hydrogens is 425 g/mol. The summed E-state index contributed by atoms with van der Waals surface area (Å²) in [5, 5.41) is 1.17. The molecule has 0 heterocycles. The van der Waals surface area contributed by atoms with E-state index in [4.69, 9.17) is 23.2 Å². The van der Waals surface area contributed by atoms with Crippen LogP contribution in [-0.4, -0.2) is 25.8 Å². The van der Waals surface area contributed by atoms with E-state index in [2.05, 4.69) is 0 Å². The zero-order valence-electron chi connectivity index (χ0n) is 15.7. The molecule has 3 rings (SSSR count). The number of halogens is 2. The van der Waals surface area contributed by atoms with E-state index in [1.54, 1.807) is 24.3 Å². The molecule has 29 heavy (non-hydrogen) atoms. The lowest BCUT2D eigenvalue weighted by Gasteiger charge is -2.21. The molecule has 3 aromatic carbocycles. The van der Waals surface area contributed by atoms with Crippen LogP contribution < -0.4 is 0 Å². The summed E-state index contributed by atoms with van der Waals surface area (Å²) in [7, 11) is -3.65. The molecule has 3 nitrogen and oxygen atoms in total. The van der Waals surface area contributed by atoms with Gasteiger partial charge in [-0.15, -0.1) is 0 Å². The van der Waals surface area contributed by atoms with Crippen molar-refractivity contribution in [3.8, 4) is 0 Å². The van der Waals surface area contributed by atoms with Gasteiger partial charge in [0, 0.05) is 23.1 Å². The van der Waals surface area contributed by atoms with Crippen LogP contribution in [0.25, 0.3) is 6.08 Å². The van der Waals surface area contributed by atoms with Gasteiger partial charge in [-0.25, -0.2) is 8.42 Å². The van der Waals surface area contributed by atoms with Gasteiger partial charge in [-0.05, 0) is 53.9 Å². The minimum absolute atomic E-state index is 0.231. The molecule has 0 spiro atoms. The predicted molar refractivity (Wildman–Crippen MR) is 121 cm³/mol. The van der Waals surface area contributed by atoms with Gasteiger partial charge in [-0.1, -0.05) is 77.8 Å². The number of hydrogen-bond donors (Lipinski definition) is 0. The Labute approximate surface area is 182 Å². The lowest BCUT2D eigenvalue weighted by molar-refractivity contribution is 0.446. The monoisotopic (exact) mass is 445 g/mol. The van der Waals surface area contributed by atoms with Crippen LogP contribution in [0.15, 0.2) is 89.8 Å². The van der Waals surface area contributed by atoms with Gasteiger partial charge in [0.1, 0.15) is 0 Å². The molecule has 150 valence electrons. The zero-order chi connectivity index (χ0) is 20.7. The van der Waals surface area contributed by atoms with E-state index in [1.165, 1.54) is 16.4 Å². The first-order valence-electron chi connectivity index (χ1n) is 9.17. The maximum absolute atomic E-state index is 13.2. The number of hydrogen-bond acceptors (Lipinski definition) is 2. The first-order valence-corrected chi connectivity index (χ1v) is 11.4. The topological polar surface area (TPSA) is 37.4 Å². The van der Waals surface area contributed by atoms with Gasteiger partial charge in [0.25, 0.3) is 0 Å². The summed E-state index contributed by atoms with van der Waals surface area (Å²) in [5.41, 5.74) is 2.05. The molecule has 0 unspecified atom stereocenters. The van der Waals surface area contributed by atoms with Crippen molar-refractivity contribution in [2.75, 3.05) is 13.1 Å². The quantitative estimate of drug-likeness (QED) is 0.430. The Morgan fingerprint density at radius 3 is 2.00 bits per heavy atom. The van der Waals surface area contributed by atoms with Crippen LogP contribution in [0.1, 0.15) is 11.1 Å². The number of rotatable bonds is 8. The largest absolute Gasteiger partial charge is 0.243 e. The number of benzene rings is 3. The average molecular weight is 446 g/mol. The third-order valence-electron chi connectivity index (χ3n) is 4.43. The fourth-order valence-electron chi connectivity index (χ4n) is 2.84. The summed E-state index contributed by atoms with van der Waals surface area (Å²) < 4.78 is 27.8. The number of nitrogens with zero attached hydrogens (tertiary/aromatic N) is 1. The second kappa shape index (κ2) is 10.1. The van der Waals surface area contributed by atoms with Crippen molar-refractivity contribution < 1.29 is 8.42 Å². The molecule has 3 aromatic rings. The first kappa shape index (κ1) is 21.6. The first-order chi connectivity index (χ1) is 13.9. The zero-order valence-corrected chi connectivity index (χ0v) is 18.0. The normalized spacial score (nSPS) is 12.0. The molecule has 6 heteroatoms. The third kappa shape index (κ3) is 6.18. The molecule has 0 saturated heterocycles. The summed E-state index contributed by atoms with van der Waals surface area (Å²) >= 11 is 11.8. The molecule has 0 fully saturated rings. The molecule has 0 aliphatic carbocycles. The van der Waals surface area contributed by atoms with E-state index in [0.717, 1.165) is 11.1 Å². The predicted octanol–water partition coefficient (Wildman–Crippen LogP) is 5.94. The van der Waals surface area contributed by atoms with Crippen molar-refractivity contribution in [2.45, 2.75) is 11.3 Å². The van der Waals surface area contributed by atoms with E-state index in [-0.39, 0.29) is 11.4 Å². The Morgan fingerprint density at radius 1 is 0.793 bits per heavy atom. The molecule has 0 saturated carbocycles. The van der Waals surface area contributed by atoms with Crippen LogP contribution >= 0.6 is 23.2 Å². The molecule has 0 amide bonds. The molecule has 0 bridgehead atoms. The second-order valence-corrected chi connectivity index (χ2v) is 9.32. The Balaban J connectivity index is 1.80. The molecule has 0 aliphatic heterocycles. The van der Waals surface area contributed by atoms with Crippen molar-refractivity contribution in [2.24, 2.45) is 0 Å². The molecule has 0 aromatic heterocycles. The lowest BCUT2D eigenvalue weighted by Crippen LogP contribution is -2.33. The average Bonchev–Trinajstić information content (AvgIpc) is 2.73. The van der Waals surface area contributed by atoms with Crippen LogP contribution in [0.4, 0.5) is 0 Å². The Kier molecular flexibility index (Phi) is 7.51. The second-order valence-electron chi connectivity index (χ2n) is 6.51. The SMILES string of the molecule is O=S(=O)(c1ccc(Cl)cc1)N(C/C=C/c1ccc(Cl)cc1)CCc1ccccc1. The van der Waals surface area contributed by atoms with Crippen molar-refractivity contribution in [1.29, 1.82) is 0 Å². The highest BCUT2D eigenvalue weighted by atomic mass is 35.5. The van der Waals surface area contributed by atoms with Crippen molar-refractivity contribution in [3.63, 3.8) is 0 Å². The Bertz CT molecular complexity index is 1050. The van der Waals surface area contributed by atoms with Gasteiger partial charge < -0.3 is 0 Å². The highest BCUT2D eigenvalue weighted by Crippen LogP contribution is 2.19. The Morgan fingerprint density at radius 2 is 1.38 bits per heavy atom. The van der Waals surface area contributed by atoms with E-state index in [9.17, 15) is 8.42 Å². The van der Waals surface area contributed by atoms with Crippen LogP contribution in [0.5, 0.6) is 0 Å². The standard InChI is InChI=1S/C23H21Cl2NO2S/c24-21-10-8-20(9-11-21)7-4-17-26(18-16-19-5-2-1-3-6-19)29(27,28)23-14-12-22(25)13-15-23/h1-15H,16-18H2/b7-4+. The summed E-state index contributed by atoms with van der Waals surface area (Å²) in [4.78, 5) is 0.231. The highest BCUT2D eigenvalue weighted by molar-refractivity contribution is 7.89. The van der Waals surface area contributed by atoms with Crippen molar-refractivity contribution >= 4 is 39.3 Å². The maximum Gasteiger partial charge on any atom is 0.243 e. The van der Waals surface area contributed by atoms with Crippen molar-refractivity contribution in [3.05, 3.63) is 106 Å². The van der Waals surface area contributed by atoms with Gasteiger partial charge in [0.15, 0.2) is 0 Å². The fraction of sp³-hybridized carbons (Fsp3) is 0.130. The minimum Gasteiger partial charge on any atom is -0.207 e. The summed E-state index contributed by atoms with van der Waals surface area (Å²) in [6, 6.07) is 23.5. The summed E-state index contributed by atoms with van der Waals surface area (Å²) in [5.74, 6) is 0. The van der Waals surface area contributed by atoms with Crippen LogP contribution in [0.3, 0.4) is 0 Å². The van der Waals surface area contributed by atoms with E-state index >= 15 is 0 Å². The van der Waals surface area contributed by atoms with Gasteiger partial charge in [0.05, 0.1) is 4.90 Å². The molecule has 0 aliphatic rings. The number of sulfonamides is 1. The fourth-order valence-corrected chi connectivity index (χ4v) is 4.49. The molecule has 0 radical (unpaired) electrons. The van der Waals surface area contributed by atoms with E-state index in [0.29, 0.717) is 23.0 Å². The Hall–Kier alpha value is -2.11. The van der Waals surface area contributed by atoms with Crippen LogP contribution in [-0.2, 0) is 16.4 Å².